The molecule has 2 aromatic carbocycles. The number of hydrogen-bond donors (Lipinski definition) is 1. The number of nitrogens with one attached hydrogen (secondary N) is 1. The van der Waals surface area contributed by atoms with E-state index in [2.05, 4.69) is 10.3 Å². The number of methoxy groups -OCH3 is 3. The summed E-state index contributed by atoms with van der Waals surface area (Å²) < 4.78 is 21.2. The van der Waals surface area contributed by atoms with Crippen molar-refractivity contribution in [3.63, 3.8) is 0 Å². The topological polar surface area (TPSA) is 95.5 Å². The van der Waals surface area contributed by atoms with Crippen LogP contribution in [0.3, 0.4) is 0 Å². The second-order valence-corrected chi connectivity index (χ2v) is 6.05. The number of ether oxygens (including phenoxy) is 4. The Hall–Kier alpha value is -3.81. The summed E-state index contributed by atoms with van der Waals surface area (Å²) in [5.41, 5.74) is 2.03. The second kappa shape index (κ2) is 8.47. The highest BCUT2D eigenvalue weighted by Crippen LogP contribution is 2.39. The van der Waals surface area contributed by atoms with E-state index in [1.54, 1.807) is 42.5 Å². The van der Waals surface area contributed by atoms with Gasteiger partial charge in [0.25, 0.3) is 0 Å². The number of cyclic esters (lactones) is 1. The molecule has 0 unspecified atom stereocenters. The summed E-state index contributed by atoms with van der Waals surface area (Å²) in [5.74, 6) is 0.820. The van der Waals surface area contributed by atoms with Crippen molar-refractivity contribution >= 4 is 29.5 Å². The van der Waals surface area contributed by atoms with E-state index in [1.165, 1.54) is 28.3 Å². The van der Waals surface area contributed by atoms with Gasteiger partial charge in [0, 0.05) is 18.2 Å². The van der Waals surface area contributed by atoms with Crippen LogP contribution in [0, 0.1) is 0 Å². The van der Waals surface area contributed by atoms with Crippen molar-refractivity contribution in [2.45, 2.75) is 6.92 Å². The van der Waals surface area contributed by atoms with Gasteiger partial charge in [-0.05, 0) is 48.0 Å². The summed E-state index contributed by atoms with van der Waals surface area (Å²) in [6.07, 6.45) is 1.57. The smallest absolute Gasteiger partial charge is 0.363 e. The van der Waals surface area contributed by atoms with Crippen molar-refractivity contribution in [2.75, 3.05) is 26.6 Å². The highest BCUT2D eigenvalue weighted by atomic mass is 16.6. The second-order valence-electron chi connectivity index (χ2n) is 6.05. The maximum absolute atomic E-state index is 12.3. The average Bonchev–Trinajstić information content (AvgIpc) is 3.07. The summed E-state index contributed by atoms with van der Waals surface area (Å²) in [7, 11) is 4.54. The molecule has 1 heterocycles. The van der Waals surface area contributed by atoms with Crippen molar-refractivity contribution in [3.05, 3.63) is 53.2 Å². The van der Waals surface area contributed by atoms with Gasteiger partial charge in [0.05, 0.1) is 21.3 Å². The first kappa shape index (κ1) is 19.9. The number of carbonyl (C=O) groups is 2. The first-order chi connectivity index (χ1) is 13.9. The molecule has 0 aliphatic carbocycles. The Morgan fingerprint density at radius 3 is 2.17 bits per heavy atom. The molecule has 0 radical (unpaired) electrons. The van der Waals surface area contributed by atoms with Crippen LogP contribution < -0.4 is 19.5 Å². The van der Waals surface area contributed by atoms with Crippen LogP contribution in [0.5, 0.6) is 17.2 Å². The van der Waals surface area contributed by atoms with Crippen molar-refractivity contribution < 1.29 is 28.5 Å². The molecule has 8 nitrogen and oxygen atoms in total. The highest BCUT2D eigenvalue weighted by Gasteiger charge is 2.24. The quantitative estimate of drug-likeness (QED) is 0.596. The molecule has 0 aromatic heterocycles. The summed E-state index contributed by atoms with van der Waals surface area (Å²) in [6, 6.07) is 10.2. The third-order valence-corrected chi connectivity index (χ3v) is 4.06. The summed E-state index contributed by atoms with van der Waals surface area (Å²) in [4.78, 5) is 27.7. The lowest BCUT2D eigenvalue weighted by Crippen LogP contribution is -2.07. The minimum Gasteiger partial charge on any atom is -0.493 e. The molecule has 0 atom stereocenters. The maximum atomic E-state index is 12.3. The van der Waals surface area contributed by atoms with E-state index in [-0.39, 0.29) is 17.5 Å². The number of rotatable bonds is 6. The Morgan fingerprint density at radius 2 is 1.66 bits per heavy atom. The van der Waals surface area contributed by atoms with Crippen LogP contribution >= 0.6 is 0 Å². The lowest BCUT2D eigenvalue weighted by molar-refractivity contribution is -0.129. The Labute approximate surface area is 167 Å². The molecule has 0 fully saturated rings. The third-order valence-electron chi connectivity index (χ3n) is 4.06. The van der Waals surface area contributed by atoms with Gasteiger partial charge in [0.15, 0.2) is 17.2 Å². The van der Waals surface area contributed by atoms with Gasteiger partial charge in [-0.15, -0.1) is 0 Å². The molecule has 3 rings (SSSR count). The molecule has 0 bridgehead atoms. The van der Waals surface area contributed by atoms with Gasteiger partial charge in [-0.2, -0.15) is 0 Å². The van der Waals surface area contributed by atoms with E-state index in [4.69, 9.17) is 18.9 Å². The summed E-state index contributed by atoms with van der Waals surface area (Å²) >= 11 is 0. The number of aliphatic imine (C=N–C) groups is 1. The van der Waals surface area contributed by atoms with Crippen LogP contribution in [0.25, 0.3) is 6.08 Å². The Bertz CT molecular complexity index is 983. The molecule has 1 amide bonds. The predicted molar refractivity (Wildman–Crippen MR) is 107 cm³/mol. The van der Waals surface area contributed by atoms with Crippen LogP contribution in [-0.4, -0.2) is 39.1 Å². The van der Waals surface area contributed by atoms with Gasteiger partial charge in [-0.3, -0.25) is 4.79 Å². The lowest BCUT2D eigenvalue weighted by Gasteiger charge is -2.12. The zero-order valence-corrected chi connectivity index (χ0v) is 16.4. The minimum atomic E-state index is -0.570. The van der Waals surface area contributed by atoms with Crippen molar-refractivity contribution in [1.29, 1.82) is 0 Å². The largest absolute Gasteiger partial charge is 0.493 e. The van der Waals surface area contributed by atoms with E-state index in [0.29, 0.717) is 34.1 Å². The Balaban J connectivity index is 1.91. The van der Waals surface area contributed by atoms with E-state index in [1.807, 2.05) is 0 Å². The molecule has 8 heteroatoms. The first-order valence-corrected chi connectivity index (χ1v) is 8.65. The van der Waals surface area contributed by atoms with E-state index in [9.17, 15) is 9.59 Å². The SMILES string of the molecule is COc1cc(/C=C2\N=C(c3ccc(NC(C)=O)cc3)OC2=O)cc(OC)c1OC. The molecule has 150 valence electrons. The zero-order chi connectivity index (χ0) is 21.0. The van der Waals surface area contributed by atoms with E-state index in [0.717, 1.165) is 0 Å². The van der Waals surface area contributed by atoms with Gasteiger partial charge in [0.2, 0.25) is 17.6 Å². The normalized spacial score (nSPS) is 14.3. The van der Waals surface area contributed by atoms with Gasteiger partial charge in [0.1, 0.15) is 0 Å². The van der Waals surface area contributed by atoms with Crippen LogP contribution in [0.4, 0.5) is 5.69 Å². The molecule has 2 aromatic rings. The lowest BCUT2D eigenvalue weighted by atomic mass is 10.1. The molecular formula is C21H20N2O6. The predicted octanol–water partition coefficient (Wildman–Crippen LogP) is 3.02. The molecule has 1 N–H and O–H groups in total. The molecule has 1 aliphatic rings. The maximum Gasteiger partial charge on any atom is 0.363 e. The third kappa shape index (κ3) is 4.37. The fourth-order valence-corrected chi connectivity index (χ4v) is 2.77. The molecular weight excluding hydrogens is 376 g/mol. The van der Waals surface area contributed by atoms with Crippen molar-refractivity contribution in [1.82, 2.24) is 0 Å². The van der Waals surface area contributed by atoms with Crippen LogP contribution in [0.1, 0.15) is 18.1 Å². The number of benzene rings is 2. The average molecular weight is 396 g/mol. The van der Waals surface area contributed by atoms with Gasteiger partial charge in [-0.1, -0.05) is 0 Å². The summed E-state index contributed by atoms with van der Waals surface area (Å²) in [6.45, 7) is 1.43. The molecule has 0 saturated carbocycles. The summed E-state index contributed by atoms with van der Waals surface area (Å²) in [5, 5.41) is 2.67. The number of esters is 1. The number of amides is 1. The van der Waals surface area contributed by atoms with Gasteiger partial charge < -0.3 is 24.3 Å². The monoisotopic (exact) mass is 396 g/mol. The minimum absolute atomic E-state index is 0.139. The Kier molecular flexibility index (Phi) is 5.82. The van der Waals surface area contributed by atoms with Gasteiger partial charge >= 0.3 is 5.97 Å². The van der Waals surface area contributed by atoms with Crippen LogP contribution in [0.2, 0.25) is 0 Å². The molecule has 0 saturated heterocycles. The number of nitrogens with zero attached hydrogens (tertiary/aromatic N) is 1. The Morgan fingerprint density at radius 1 is 1.03 bits per heavy atom. The van der Waals surface area contributed by atoms with Crippen LogP contribution in [0.15, 0.2) is 47.1 Å². The van der Waals surface area contributed by atoms with E-state index >= 15 is 0 Å². The van der Waals surface area contributed by atoms with E-state index < -0.39 is 5.97 Å². The van der Waals surface area contributed by atoms with Crippen LogP contribution in [-0.2, 0) is 14.3 Å². The number of carbonyl (C=O) groups excluding carboxylic acids is 2. The van der Waals surface area contributed by atoms with Crippen molar-refractivity contribution in [2.24, 2.45) is 4.99 Å². The fourth-order valence-electron chi connectivity index (χ4n) is 2.77. The first-order valence-electron chi connectivity index (χ1n) is 8.65. The fraction of sp³-hybridized carbons (Fsp3) is 0.190. The number of anilines is 1. The molecule has 1 aliphatic heterocycles. The number of hydrogen-bond acceptors (Lipinski definition) is 7. The standard InChI is InChI=1S/C21H20N2O6/c1-12(24)22-15-7-5-14(6-8-15)20-23-16(21(25)29-20)9-13-10-17(26-2)19(28-4)18(11-13)27-3/h5-11H,1-4H3,(H,22,24)/b16-9-. The highest BCUT2D eigenvalue weighted by molar-refractivity contribution is 6.13. The zero-order valence-electron chi connectivity index (χ0n) is 16.4. The molecule has 0 spiro atoms. The van der Waals surface area contributed by atoms with Crippen molar-refractivity contribution in [3.8, 4) is 17.2 Å². The molecule has 29 heavy (non-hydrogen) atoms. The van der Waals surface area contributed by atoms with Gasteiger partial charge in [-0.25, -0.2) is 9.79 Å².